The van der Waals surface area contributed by atoms with Crippen molar-refractivity contribution in [1.82, 2.24) is 10.6 Å². The zero-order valence-electron chi connectivity index (χ0n) is 29.8. The normalized spacial score (nSPS) is 12.2. The van der Waals surface area contributed by atoms with Gasteiger partial charge in [0.2, 0.25) is 0 Å². The molecule has 0 atom stereocenters. The third-order valence-corrected chi connectivity index (χ3v) is 6.60. The number of benzene rings is 1. The van der Waals surface area contributed by atoms with Crippen LogP contribution in [0, 0.1) is 0 Å². The van der Waals surface area contributed by atoms with Crippen molar-refractivity contribution in [3.05, 3.63) is 35.9 Å². The van der Waals surface area contributed by atoms with Crippen molar-refractivity contribution in [2.75, 3.05) is 39.3 Å². The minimum absolute atomic E-state index is 0.148. The van der Waals surface area contributed by atoms with Crippen molar-refractivity contribution in [3.63, 3.8) is 0 Å². The van der Waals surface area contributed by atoms with Gasteiger partial charge in [-0.2, -0.15) is 0 Å². The number of rotatable bonds is 18. The lowest BCUT2D eigenvalue weighted by Gasteiger charge is -2.39. The quantitative estimate of drug-likeness (QED) is 0.0823. The van der Waals surface area contributed by atoms with E-state index in [1.165, 1.54) is 0 Å². The molecule has 262 valence electrons. The maximum atomic E-state index is 13.2. The highest BCUT2D eigenvalue weighted by atomic mass is 16.6. The van der Waals surface area contributed by atoms with E-state index in [1.54, 1.807) is 0 Å². The summed E-state index contributed by atoms with van der Waals surface area (Å²) in [5, 5.41) is 5.59. The Morgan fingerprint density at radius 2 is 1.07 bits per heavy atom. The Balaban J connectivity index is 2.92. The topological polar surface area (TPSA) is 129 Å². The summed E-state index contributed by atoms with van der Waals surface area (Å²) in [7, 11) is 0. The summed E-state index contributed by atoms with van der Waals surface area (Å²) in [5.41, 5.74) is -0.873. The van der Waals surface area contributed by atoms with E-state index in [9.17, 15) is 19.2 Å². The molecule has 2 N–H and O–H groups in total. The number of nitrogens with zero attached hydrogens (tertiary/aromatic N) is 1. The number of amides is 2. The van der Waals surface area contributed by atoms with Gasteiger partial charge < -0.3 is 34.1 Å². The molecule has 0 unspecified atom stereocenters. The number of quaternary nitrogens is 1. The predicted molar refractivity (Wildman–Crippen MR) is 178 cm³/mol. The van der Waals surface area contributed by atoms with Gasteiger partial charge in [-0.3, -0.25) is 4.79 Å². The lowest BCUT2D eigenvalue weighted by atomic mass is 10.1. The van der Waals surface area contributed by atoms with Crippen LogP contribution in [0.2, 0.25) is 0 Å². The molecule has 0 spiro atoms. The summed E-state index contributed by atoms with van der Waals surface area (Å²) < 4.78 is 22.3. The van der Waals surface area contributed by atoms with Crippen LogP contribution in [0.4, 0.5) is 9.59 Å². The Bertz CT molecular complexity index is 1030. The number of hydrogen-bond donors (Lipinski definition) is 2. The molecule has 0 radical (unpaired) electrons. The molecule has 11 nitrogen and oxygen atoms in total. The summed E-state index contributed by atoms with van der Waals surface area (Å²) in [6.07, 6.45) is 2.66. The van der Waals surface area contributed by atoms with Gasteiger partial charge in [-0.05, 0) is 93.6 Å². The third kappa shape index (κ3) is 21.4. The molecular formula is C35H60N3O8+. The number of esters is 2. The molecule has 2 amide bonds. The fourth-order valence-electron chi connectivity index (χ4n) is 4.74. The fraction of sp³-hybridized carbons (Fsp3) is 0.714. The van der Waals surface area contributed by atoms with Crippen molar-refractivity contribution in [2.24, 2.45) is 0 Å². The number of unbranched alkanes of at least 4 members (excludes halogenated alkanes) is 2. The lowest BCUT2D eigenvalue weighted by Crippen LogP contribution is -2.54. The average Bonchev–Trinajstić information content (AvgIpc) is 2.89. The molecule has 0 saturated heterocycles. The van der Waals surface area contributed by atoms with Crippen LogP contribution in [0.1, 0.15) is 106 Å². The van der Waals surface area contributed by atoms with Crippen LogP contribution in [-0.4, -0.2) is 84.7 Å². The first kappa shape index (κ1) is 40.7. The number of nitrogens with one attached hydrogen (secondary N) is 2. The van der Waals surface area contributed by atoms with Gasteiger partial charge in [0, 0.05) is 19.5 Å². The second-order valence-electron chi connectivity index (χ2n) is 14.8. The molecule has 0 bridgehead atoms. The maximum Gasteiger partial charge on any atom is 0.407 e. The Kier molecular flexibility index (Phi) is 17.1. The second kappa shape index (κ2) is 19.4. The number of ether oxygens (including phenoxy) is 4. The van der Waals surface area contributed by atoms with Gasteiger partial charge in [-0.15, -0.1) is 0 Å². The minimum atomic E-state index is -0.636. The van der Waals surface area contributed by atoms with Crippen LogP contribution in [0.25, 0.3) is 0 Å². The van der Waals surface area contributed by atoms with Crippen LogP contribution in [0.15, 0.2) is 30.3 Å². The van der Waals surface area contributed by atoms with E-state index in [0.717, 1.165) is 18.4 Å². The Morgan fingerprint density at radius 1 is 0.609 bits per heavy atom. The van der Waals surface area contributed by atoms with Gasteiger partial charge in [-0.1, -0.05) is 30.3 Å². The monoisotopic (exact) mass is 650 g/mol. The van der Waals surface area contributed by atoms with Crippen LogP contribution < -0.4 is 10.6 Å². The van der Waals surface area contributed by atoms with E-state index in [2.05, 4.69) is 10.6 Å². The number of alkyl carbamates (subject to hydrolysis) is 2. The molecule has 1 aromatic rings. The van der Waals surface area contributed by atoms with Gasteiger partial charge in [0.1, 0.15) is 23.4 Å². The molecule has 0 aromatic heterocycles. The van der Waals surface area contributed by atoms with E-state index < -0.39 is 29.0 Å². The van der Waals surface area contributed by atoms with Crippen LogP contribution >= 0.6 is 0 Å². The van der Waals surface area contributed by atoms with Crippen LogP contribution in [0.5, 0.6) is 0 Å². The molecule has 0 saturated carbocycles. The minimum Gasteiger partial charge on any atom is -0.461 e. The first-order chi connectivity index (χ1) is 21.3. The summed E-state index contributed by atoms with van der Waals surface area (Å²) in [5.74, 6) is -0.597. The molecule has 0 aliphatic heterocycles. The molecule has 1 aromatic carbocycles. The van der Waals surface area contributed by atoms with Crippen LogP contribution in [0.3, 0.4) is 0 Å². The molecular weight excluding hydrogens is 590 g/mol. The molecule has 0 aliphatic rings. The zero-order valence-corrected chi connectivity index (χ0v) is 29.8. The Labute approximate surface area is 276 Å². The second-order valence-corrected chi connectivity index (χ2v) is 14.8. The standard InChI is InChI=1S/C35H59N3O8/c1-33(2,3)44-30(40)26-38(23-15-13-21-36-31(41)45-34(4,5)6,24-16-14-22-37-32(42)46-35(7,8)9)25-17-20-29(39)43-27-28-18-11-10-12-19-28/h10-12,18-19H,13-17,20-27H2,1-9H3,(H-,36,37,41,42)/p+1. The van der Waals surface area contributed by atoms with Crippen molar-refractivity contribution >= 4 is 24.1 Å². The summed E-state index contributed by atoms with van der Waals surface area (Å²) >= 11 is 0. The van der Waals surface area contributed by atoms with E-state index >= 15 is 0 Å². The van der Waals surface area contributed by atoms with Crippen molar-refractivity contribution in [1.29, 1.82) is 0 Å². The number of carbonyl (C=O) groups is 4. The largest absolute Gasteiger partial charge is 0.461 e. The molecule has 1 rings (SSSR count). The van der Waals surface area contributed by atoms with Gasteiger partial charge in [0.15, 0.2) is 6.54 Å². The van der Waals surface area contributed by atoms with E-state index in [0.29, 0.717) is 56.5 Å². The maximum absolute atomic E-state index is 13.2. The molecule has 0 heterocycles. The SMILES string of the molecule is CC(C)(C)OC(=O)C[N+](CCCCNC(=O)OC(C)(C)C)(CCCCNC(=O)OC(C)(C)C)CCCC(=O)OCc1ccccc1. The summed E-state index contributed by atoms with van der Waals surface area (Å²) in [4.78, 5) is 50.0. The first-order valence-corrected chi connectivity index (χ1v) is 16.5. The van der Waals surface area contributed by atoms with Crippen molar-refractivity contribution in [3.8, 4) is 0 Å². The average molecular weight is 651 g/mol. The summed E-state index contributed by atoms with van der Waals surface area (Å²) in [6.45, 7) is 19.5. The van der Waals surface area contributed by atoms with Gasteiger partial charge in [0.05, 0.1) is 26.1 Å². The van der Waals surface area contributed by atoms with E-state index in [1.807, 2.05) is 92.6 Å². The Morgan fingerprint density at radius 3 is 1.52 bits per heavy atom. The molecule has 0 fully saturated rings. The zero-order chi connectivity index (χ0) is 34.9. The molecule has 11 heteroatoms. The fourth-order valence-corrected chi connectivity index (χ4v) is 4.74. The summed E-state index contributed by atoms with van der Waals surface area (Å²) in [6, 6.07) is 9.53. The van der Waals surface area contributed by atoms with Gasteiger partial charge in [-0.25, -0.2) is 14.4 Å². The van der Waals surface area contributed by atoms with Crippen LogP contribution in [-0.2, 0) is 35.1 Å². The molecule has 0 aliphatic carbocycles. The highest BCUT2D eigenvalue weighted by molar-refractivity contribution is 5.71. The third-order valence-electron chi connectivity index (χ3n) is 6.60. The Hall–Kier alpha value is -3.34. The highest BCUT2D eigenvalue weighted by Crippen LogP contribution is 2.18. The van der Waals surface area contributed by atoms with E-state index in [4.69, 9.17) is 18.9 Å². The van der Waals surface area contributed by atoms with Gasteiger partial charge >= 0.3 is 24.1 Å². The predicted octanol–water partition coefficient (Wildman–Crippen LogP) is 6.28. The smallest absolute Gasteiger partial charge is 0.407 e. The lowest BCUT2D eigenvalue weighted by molar-refractivity contribution is -0.922. The van der Waals surface area contributed by atoms with Crippen molar-refractivity contribution < 1.29 is 42.6 Å². The van der Waals surface area contributed by atoms with Gasteiger partial charge in [0.25, 0.3) is 0 Å². The number of carbonyl (C=O) groups excluding carboxylic acids is 4. The van der Waals surface area contributed by atoms with E-state index in [-0.39, 0.29) is 31.5 Å². The highest BCUT2D eigenvalue weighted by Gasteiger charge is 2.32. The van der Waals surface area contributed by atoms with Crippen molar-refractivity contribution in [2.45, 2.75) is 124 Å². The first-order valence-electron chi connectivity index (χ1n) is 16.5. The number of hydrogen-bond acceptors (Lipinski definition) is 8. The molecule has 46 heavy (non-hydrogen) atoms.